The second-order valence-corrected chi connectivity index (χ2v) is 8.20. The molecule has 1 aromatic carbocycles. The Kier molecular flexibility index (Phi) is 5.36. The number of aromatic nitrogens is 2. The third-order valence-corrected chi connectivity index (χ3v) is 6.36. The lowest BCUT2D eigenvalue weighted by molar-refractivity contribution is 0.0943. The van der Waals surface area contributed by atoms with Crippen molar-refractivity contribution in [3.8, 4) is 22.0 Å². The Hall–Kier alpha value is -2.77. The lowest BCUT2D eigenvalue weighted by Gasteiger charge is -2.11. The van der Waals surface area contributed by atoms with E-state index >= 15 is 0 Å². The van der Waals surface area contributed by atoms with E-state index in [9.17, 15) is 4.79 Å². The van der Waals surface area contributed by atoms with Gasteiger partial charge in [0.15, 0.2) is 10.8 Å². The van der Waals surface area contributed by atoms with E-state index < -0.39 is 0 Å². The number of rotatable bonds is 6. The van der Waals surface area contributed by atoms with E-state index in [0.717, 1.165) is 22.7 Å². The van der Waals surface area contributed by atoms with Crippen LogP contribution in [0.25, 0.3) is 22.0 Å². The fraction of sp³-hybridized carbons (Fsp3) is 0.190. The second kappa shape index (κ2) is 8.08. The number of amides is 1. The van der Waals surface area contributed by atoms with Crippen LogP contribution >= 0.6 is 22.7 Å². The van der Waals surface area contributed by atoms with Gasteiger partial charge < -0.3 is 9.73 Å². The van der Waals surface area contributed by atoms with E-state index in [1.165, 1.54) is 11.3 Å². The van der Waals surface area contributed by atoms with E-state index in [2.05, 4.69) is 17.2 Å². The highest BCUT2D eigenvalue weighted by Crippen LogP contribution is 2.34. The van der Waals surface area contributed by atoms with Crippen LogP contribution in [-0.2, 0) is 6.42 Å². The quantitative estimate of drug-likeness (QED) is 0.451. The minimum atomic E-state index is -0.179. The maximum absolute atomic E-state index is 13.1. The SMILES string of the molecule is CCc1nc(C(C)NC(=O)c2sc(-c3ccco3)nc2-c2ccccc2)cs1. The van der Waals surface area contributed by atoms with Crippen LogP contribution in [0.3, 0.4) is 0 Å². The number of nitrogens with one attached hydrogen (secondary N) is 1. The van der Waals surface area contributed by atoms with Crippen molar-refractivity contribution in [2.75, 3.05) is 0 Å². The Morgan fingerprint density at radius 2 is 2.00 bits per heavy atom. The minimum Gasteiger partial charge on any atom is -0.462 e. The van der Waals surface area contributed by atoms with Gasteiger partial charge in [-0.05, 0) is 25.5 Å². The highest BCUT2D eigenvalue weighted by molar-refractivity contribution is 7.17. The maximum Gasteiger partial charge on any atom is 0.264 e. The van der Waals surface area contributed by atoms with Crippen LogP contribution in [0.2, 0.25) is 0 Å². The number of carbonyl (C=O) groups is 1. The summed E-state index contributed by atoms with van der Waals surface area (Å²) in [4.78, 5) is 22.9. The second-order valence-electron chi connectivity index (χ2n) is 6.25. The molecule has 3 aromatic heterocycles. The van der Waals surface area contributed by atoms with Gasteiger partial charge in [0.2, 0.25) is 0 Å². The van der Waals surface area contributed by atoms with Crippen LogP contribution in [0.5, 0.6) is 0 Å². The van der Waals surface area contributed by atoms with Crippen LogP contribution in [0.15, 0.2) is 58.5 Å². The molecule has 28 heavy (non-hydrogen) atoms. The summed E-state index contributed by atoms with van der Waals surface area (Å²) < 4.78 is 5.48. The monoisotopic (exact) mass is 409 g/mol. The third-order valence-electron chi connectivity index (χ3n) is 4.28. The van der Waals surface area contributed by atoms with Gasteiger partial charge in [0.05, 0.1) is 28.7 Å². The summed E-state index contributed by atoms with van der Waals surface area (Å²) in [5, 5.41) is 6.82. The molecule has 0 radical (unpaired) electrons. The Labute approximate surface area is 171 Å². The van der Waals surface area contributed by atoms with Crippen molar-refractivity contribution in [3.05, 3.63) is 69.7 Å². The zero-order valence-corrected chi connectivity index (χ0v) is 17.1. The van der Waals surface area contributed by atoms with Gasteiger partial charge in [0.25, 0.3) is 5.91 Å². The van der Waals surface area contributed by atoms with Crippen LogP contribution in [0.4, 0.5) is 0 Å². The van der Waals surface area contributed by atoms with Gasteiger partial charge >= 0.3 is 0 Å². The predicted molar refractivity (Wildman–Crippen MR) is 113 cm³/mol. The number of aryl methyl sites for hydroxylation is 1. The van der Waals surface area contributed by atoms with Crippen molar-refractivity contribution in [2.24, 2.45) is 0 Å². The maximum atomic E-state index is 13.1. The Morgan fingerprint density at radius 3 is 2.68 bits per heavy atom. The molecule has 7 heteroatoms. The van der Waals surface area contributed by atoms with Crippen LogP contribution in [-0.4, -0.2) is 15.9 Å². The predicted octanol–water partition coefficient (Wildman–Crippen LogP) is 5.58. The summed E-state index contributed by atoms with van der Waals surface area (Å²) in [6.07, 6.45) is 2.50. The smallest absolute Gasteiger partial charge is 0.264 e. The van der Waals surface area contributed by atoms with Gasteiger partial charge in [-0.3, -0.25) is 4.79 Å². The largest absolute Gasteiger partial charge is 0.462 e. The number of furan rings is 1. The molecule has 5 nitrogen and oxygen atoms in total. The van der Waals surface area contributed by atoms with E-state index in [-0.39, 0.29) is 11.9 Å². The summed E-state index contributed by atoms with van der Waals surface area (Å²) in [6.45, 7) is 4.02. The number of hydrogen-bond donors (Lipinski definition) is 1. The first-order valence-electron chi connectivity index (χ1n) is 9.01. The van der Waals surface area contributed by atoms with Crippen molar-refractivity contribution in [1.82, 2.24) is 15.3 Å². The Bertz CT molecular complexity index is 1070. The first-order valence-corrected chi connectivity index (χ1v) is 10.7. The van der Waals surface area contributed by atoms with E-state index in [1.807, 2.05) is 54.8 Å². The van der Waals surface area contributed by atoms with E-state index in [1.54, 1.807) is 17.6 Å². The molecule has 0 aliphatic carbocycles. The Balaban J connectivity index is 1.66. The molecular weight excluding hydrogens is 390 g/mol. The minimum absolute atomic E-state index is 0.160. The molecule has 4 aromatic rings. The molecule has 0 spiro atoms. The van der Waals surface area contributed by atoms with Gasteiger partial charge in [-0.15, -0.1) is 22.7 Å². The third kappa shape index (κ3) is 3.76. The molecule has 0 saturated heterocycles. The van der Waals surface area contributed by atoms with E-state index in [0.29, 0.717) is 21.3 Å². The lowest BCUT2D eigenvalue weighted by Crippen LogP contribution is -2.26. The van der Waals surface area contributed by atoms with Crippen molar-refractivity contribution >= 4 is 28.6 Å². The molecule has 0 bridgehead atoms. The molecule has 0 fully saturated rings. The fourth-order valence-corrected chi connectivity index (χ4v) is 4.59. The van der Waals surface area contributed by atoms with Crippen LogP contribution in [0, 0.1) is 0 Å². The summed E-state index contributed by atoms with van der Waals surface area (Å²) in [5.41, 5.74) is 2.44. The molecule has 3 heterocycles. The Morgan fingerprint density at radius 1 is 1.18 bits per heavy atom. The highest BCUT2D eigenvalue weighted by atomic mass is 32.1. The van der Waals surface area contributed by atoms with Gasteiger partial charge in [0, 0.05) is 10.9 Å². The first-order chi connectivity index (χ1) is 13.7. The van der Waals surface area contributed by atoms with Gasteiger partial charge in [-0.1, -0.05) is 37.3 Å². The summed E-state index contributed by atoms with van der Waals surface area (Å²) in [6, 6.07) is 13.2. The number of hydrogen-bond acceptors (Lipinski definition) is 6. The average molecular weight is 410 g/mol. The van der Waals surface area contributed by atoms with Crippen molar-refractivity contribution < 1.29 is 9.21 Å². The molecule has 0 aliphatic heterocycles. The number of thiazole rings is 2. The highest BCUT2D eigenvalue weighted by Gasteiger charge is 2.23. The van der Waals surface area contributed by atoms with Crippen LogP contribution in [0.1, 0.15) is 40.3 Å². The first kappa shape index (κ1) is 18.6. The van der Waals surface area contributed by atoms with E-state index in [4.69, 9.17) is 9.40 Å². The summed E-state index contributed by atoms with van der Waals surface area (Å²) in [7, 11) is 0. The summed E-state index contributed by atoms with van der Waals surface area (Å²) >= 11 is 2.95. The van der Waals surface area contributed by atoms with Gasteiger partial charge in [-0.2, -0.15) is 0 Å². The molecule has 0 saturated carbocycles. The van der Waals surface area contributed by atoms with Crippen molar-refractivity contribution in [2.45, 2.75) is 26.3 Å². The zero-order valence-electron chi connectivity index (χ0n) is 15.5. The van der Waals surface area contributed by atoms with Gasteiger partial charge in [0.1, 0.15) is 4.88 Å². The molecule has 0 aliphatic rings. The average Bonchev–Trinajstić information content (AvgIpc) is 3.48. The standard InChI is InChI=1S/C21H19N3O2S2/c1-3-17-23-15(12-27-17)13(2)22-20(25)19-18(14-8-5-4-6-9-14)24-21(28-19)16-10-7-11-26-16/h4-13H,3H2,1-2H3,(H,22,25). The number of carbonyl (C=O) groups excluding carboxylic acids is 1. The zero-order chi connectivity index (χ0) is 19.5. The normalized spacial score (nSPS) is 12.1. The number of nitrogens with zero attached hydrogens (tertiary/aromatic N) is 2. The topological polar surface area (TPSA) is 68.0 Å². The molecule has 1 unspecified atom stereocenters. The van der Waals surface area contributed by atoms with Gasteiger partial charge in [-0.25, -0.2) is 9.97 Å². The molecule has 1 N–H and O–H groups in total. The van der Waals surface area contributed by atoms with Crippen molar-refractivity contribution in [1.29, 1.82) is 0 Å². The van der Waals surface area contributed by atoms with Crippen LogP contribution < -0.4 is 5.32 Å². The molecule has 1 amide bonds. The number of benzene rings is 1. The molecule has 1 atom stereocenters. The molecule has 142 valence electrons. The lowest BCUT2D eigenvalue weighted by atomic mass is 10.1. The molecule has 4 rings (SSSR count). The summed E-state index contributed by atoms with van der Waals surface area (Å²) in [5.74, 6) is 0.495. The fourth-order valence-electron chi connectivity index (χ4n) is 2.79. The molecular formula is C21H19N3O2S2. The van der Waals surface area contributed by atoms with Crippen molar-refractivity contribution in [3.63, 3.8) is 0 Å².